The van der Waals surface area contributed by atoms with Crippen LogP contribution in [-0.2, 0) is 14.3 Å². The van der Waals surface area contributed by atoms with Gasteiger partial charge in [-0.2, -0.15) is 0 Å². The van der Waals surface area contributed by atoms with Crippen molar-refractivity contribution in [3.63, 3.8) is 0 Å². The van der Waals surface area contributed by atoms with Crippen molar-refractivity contribution in [2.75, 3.05) is 32.1 Å². The summed E-state index contributed by atoms with van der Waals surface area (Å²) in [6.07, 6.45) is 5.41. The Morgan fingerprint density at radius 3 is 3.00 bits per heavy atom. The van der Waals surface area contributed by atoms with E-state index in [0.29, 0.717) is 12.2 Å². The summed E-state index contributed by atoms with van der Waals surface area (Å²) in [5, 5.41) is 0. The lowest BCUT2D eigenvalue weighted by molar-refractivity contribution is -0.143. The van der Waals surface area contributed by atoms with Gasteiger partial charge in [-0.3, -0.25) is 14.6 Å². The minimum atomic E-state index is -0.427. The first-order valence-electron chi connectivity index (χ1n) is 7.11. The molecule has 114 valence electrons. The molecule has 0 saturated carbocycles. The molecular formula is C15H21N3O3. The number of anilines is 1. The highest BCUT2D eigenvalue weighted by Crippen LogP contribution is 2.15. The highest BCUT2D eigenvalue weighted by Gasteiger charge is 2.28. The maximum Gasteiger partial charge on any atom is 0.252 e. The first-order chi connectivity index (χ1) is 10.1. The molecule has 0 spiro atoms. The molecule has 1 saturated heterocycles. The molecule has 6 heteroatoms. The standard InChI is InChI=1S/C15H21N3O3/c1-17(12-6-5-8-16-10-12)14(19)11-18-9-4-3-7-13(21-2)15(18)20/h5-6,8,10,13H,3-4,7,9,11H2,1-2H3. The third-order valence-electron chi connectivity index (χ3n) is 3.75. The van der Waals surface area contributed by atoms with Gasteiger partial charge in [0.05, 0.1) is 11.9 Å². The van der Waals surface area contributed by atoms with Gasteiger partial charge in [-0.15, -0.1) is 0 Å². The lowest BCUT2D eigenvalue weighted by Gasteiger charge is -2.25. The van der Waals surface area contributed by atoms with Gasteiger partial charge in [0, 0.05) is 26.9 Å². The fourth-order valence-electron chi connectivity index (χ4n) is 2.41. The Hall–Kier alpha value is -1.95. The zero-order chi connectivity index (χ0) is 15.2. The highest BCUT2D eigenvalue weighted by molar-refractivity contribution is 5.96. The normalized spacial score (nSPS) is 19.2. The summed E-state index contributed by atoms with van der Waals surface area (Å²) in [4.78, 5) is 31.7. The van der Waals surface area contributed by atoms with Crippen molar-refractivity contribution in [1.29, 1.82) is 0 Å². The second-order valence-electron chi connectivity index (χ2n) is 5.14. The second kappa shape index (κ2) is 7.17. The summed E-state index contributed by atoms with van der Waals surface area (Å²) in [6, 6.07) is 3.59. The quantitative estimate of drug-likeness (QED) is 0.832. The van der Waals surface area contributed by atoms with Gasteiger partial charge >= 0.3 is 0 Å². The number of aromatic nitrogens is 1. The number of rotatable bonds is 4. The van der Waals surface area contributed by atoms with E-state index < -0.39 is 6.10 Å². The lowest BCUT2D eigenvalue weighted by atomic mass is 10.2. The van der Waals surface area contributed by atoms with Gasteiger partial charge in [0.25, 0.3) is 5.91 Å². The van der Waals surface area contributed by atoms with Gasteiger partial charge < -0.3 is 14.5 Å². The number of likely N-dealkylation sites (N-methyl/N-ethyl adjacent to an activating group) is 1. The van der Waals surface area contributed by atoms with Gasteiger partial charge in [0.1, 0.15) is 12.6 Å². The number of pyridine rings is 1. The molecule has 2 amide bonds. The molecule has 1 aliphatic heterocycles. The second-order valence-corrected chi connectivity index (χ2v) is 5.14. The number of methoxy groups -OCH3 is 1. The van der Waals surface area contributed by atoms with E-state index in [-0.39, 0.29) is 18.4 Å². The average molecular weight is 291 g/mol. The molecule has 21 heavy (non-hydrogen) atoms. The van der Waals surface area contributed by atoms with Crippen LogP contribution in [-0.4, -0.2) is 55.0 Å². The van der Waals surface area contributed by atoms with Gasteiger partial charge in [0.15, 0.2) is 0 Å². The van der Waals surface area contributed by atoms with Crippen LogP contribution in [0, 0.1) is 0 Å². The van der Waals surface area contributed by atoms with Crippen LogP contribution in [0.15, 0.2) is 24.5 Å². The SMILES string of the molecule is COC1CCCCN(CC(=O)N(C)c2cccnc2)C1=O. The highest BCUT2D eigenvalue weighted by atomic mass is 16.5. The van der Waals surface area contributed by atoms with Crippen LogP contribution in [0.5, 0.6) is 0 Å². The van der Waals surface area contributed by atoms with Crippen LogP contribution in [0.3, 0.4) is 0 Å². The summed E-state index contributed by atoms with van der Waals surface area (Å²) < 4.78 is 5.21. The number of hydrogen-bond acceptors (Lipinski definition) is 4. The van der Waals surface area contributed by atoms with Crippen LogP contribution >= 0.6 is 0 Å². The number of likely N-dealkylation sites (tertiary alicyclic amines) is 1. The van der Waals surface area contributed by atoms with Crippen molar-refractivity contribution in [3.8, 4) is 0 Å². The number of nitrogens with zero attached hydrogens (tertiary/aromatic N) is 3. The molecule has 0 aromatic carbocycles. The molecule has 1 aliphatic rings. The Bertz CT molecular complexity index is 492. The van der Waals surface area contributed by atoms with E-state index in [1.807, 2.05) is 6.07 Å². The number of hydrogen-bond donors (Lipinski definition) is 0. The third-order valence-corrected chi connectivity index (χ3v) is 3.75. The fraction of sp³-hybridized carbons (Fsp3) is 0.533. The zero-order valence-electron chi connectivity index (χ0n) is 12.5. The molecule has 1 atom stereocenters. The molecule has 1 aromatic rings. The maximum atomic E-state index is 12.3. The number of carbonyl (C=O) groups is 2. The van der Waals surface area contributed by atoms with Crippen LogP contribution in [0.4, 0.5) is 5.69 Å². The van der Waals surface area contributed by atoms with Gasteiger partial charge in [-0.25, -0.2) is 0 Å². The summed E-state index contributed by atoms with van der Waals surface area (Å²) >= 11 is 0. The number of ether oxygens (including phenoxy) is 1. The van der Waals surface area contributed by atoms with Crippen molar-refractivity contribution < 1.29 is 14.3 Å². The molecule has 2 heterocycles. The maximum absolute atomic E-state index is 12.3. The van der Waals surface area contributed by atoms with E-state index in [0.717, 1.165) is 19.3 Å². The largest absolute Gasteiger partial charge is 0.372 e. The van der Waals surface area contributed by atoms with E-state index in [1.54, 1.807) is 30.4 Å². The van der Waals surface area contributed by atoms with Gasteiger partial charge in [-0.05, 0) is 31.4 Å². The van der Waals surface area contributed by atoms with Gasteiger partial charge in [-0.1, -0.05) is 0 Å². The lowest BCUT2D eigenvalue weighted by Crippen LogP contribution is -2.45. The molecule has 1 aromatic heterocycles. The molecule has 1 unspecified atom stereocenters. The van der Waals surface area contributed by atoms with E-state index in [4.69, 9.17) is 4.74 Å². The van der Waals surface area contributed by atoms with Crippen molar-refractivity contribution in [3.05, 3.63) is 24.5 Å². The molecule has 0 aliphatic carbocycles. The minimum absolute atomic E-state index is 0.0735. The summed E-state index contributed by atoms with van der Waals surface area (Å²) in [5.41, 5.74) is 0.716. The Balaban J connectivity index is 2.02. The monoisotopic (exact) mass is 291 g/mol. The van der Waals surface area contributed by atoms with E-state index in [9.17, 15) is 9.59 Å². The predicted octanol–water partition coefficient (Wildman–Crippen LogP) is 1.07. The first kappa shape index (κ1) is 15.4. The average Bonchev–Trinajstić information content (AvgIpc) is 2.69. The first-order valence-corrected chi connectivity index (χ1v) is 7.11. The summed E-state index contributed by atoms with van der Waals surface area (Å²) in [5.74, 6) is -0.226. The Morgan fingerprint density at radius 1 is 1.52 bits per heavy atom. The Labute approximate surface area is 124 Å². The third kappa shape index (κ3) is 3.78. The van der Waals surface area contributed by atoms with Crippen LogP contribution in [0.25, 0.3) is 0 Å². The minimum Gasteiger partial charge on any atom is -0.372 e. The fourth-order valence-corrected chi connectivity index (χ4v) is 2.41. The molecule has 2 rings (SSSR count). The topological polar surface area (TPSA) is 62.7 Å². The molecule has 1 fully saturated rings. The molecule has 0 radical (unpaired) electrons. The predicted molar refractivity (Wildman–Crippen MR) is 78.9 cm³/mol. The number of carbonyl (C=O) groups excluding carboxylic acids is 2. The van der Waals surface area contributed by atoms with E-state index in [1.165, 1.54) is 12.0 Å². The summed E-state index contributed by atoms with van der Waals surface area (Å²) in [6.45, 7) is 0.676. The Morgan fingerprint density at radius 2 is 2.33 bits per heavy atom. The van der Waals surface area contributed by atoms with E-state index >= 15 is 0 Å². The van der Waals surface area contributed by atoms with Crippen LogP contribution in [0.2, 0.25) is 0 Å². The van der Waals surface area contributed by atoms with Crippen molar-refractivity contribution >= 4 is 17.5 Å². The summed E-state index contributed by atoms with van der Waals surface area (Å²) in [7, 11) is 3.23. The van der Waals surface area contributed by atoms with Crippen molar-refractivity contribution in [2.45, 2.75) is 25.4 Å². The Kier molecular flexibility index (Phi) is 5.27. The van der Waals surface area contributed by atoms with Gasteiger partial charge in [0.2, 0.25) is 5.91 Å². The molecular weight excluding hydrogens is 270 g/mol. The molecule has 0 bridgehead atoms. The van der Waals surface area contributed by atoms with Crippen molar-refractivity contribution in [1.82, 2.24) is 9.88 Å². The van der Waals surface area contributed by atoms with Crippen LogP contribution in [0.1, 0.15) is 19.3 Å². The zero-order valence-corrected chi connectivity index (χ0v) is 12.5. The van der Waals surface area contributed by atoms with Crippen molar-refractivity contribution in [2.24, 2.45) is 0 Å². The number of amides is 2. The van der Waals surface area contributed by atoms with Crippen LogP contribution < -0.4 is 4.90 Å². The smallest absolute Gasteiger partial charge is 0.252 e. The molecule has 6 nitrogen and oxygen atoms in total. The molecule has 0 N–H and O–H groups in total. The van der Waals surface area contributed by atoms with E-state index in [2.05, 4.69) is 4.98 Å².